The lowest BCUT2D eigenvalue weighted by molar-refractivity contribution is 0.0434. The van der Waals surface area contributed by atoms with E-state index in [-0.39, 0.29) is 6.10 Å². The first-order valence-corrected chi connectivity index (χ1v) is 8.22. The van der Waals surface area contributed by atoms with E-state index >= 15 is 0 Å². The highest BCUT2D eigenvalue weighted by molar-refractivity contribution is 5.25. The van der Waals surface area contributed by atoms with Crippen molar-refractivity contribution in [2.45, 2.75) is 52.7 Å². The van der Waals surface area contributed by atoms with Gasteiger partial charge in [-0.15, -0.1) is 0 Å². The number of halogens is 2. The SMILES string of the molecule is Cc1ccc(CN2CCC(C(O)CC(C)C)CC2)c(F)c1F. The zero-order valence-corrected chi connectivity index (χ0v) is 13.8. The number of hydrogen-bond donors (Lipinski definition) is 1. The van der Waals surface area contributed by atoms with Crippen LogP contribution in [0, 0.1) is 30.4 Å². The molecule has 0 spiro atoms. The highest BCUT2D eigenvalue weighted by atomic mass is 19.2. The Hall–Kier alpha value is -1.00. The van der Waals surface area contributed by atoms with Crippen LogP contribution in [0.5, 0.6) is 0 Å². The number of hydrogen-bond acceptors (Lipinski definition) is 2. The topological polar surface area (TPSA) is 23.5 Å². The second-order valence-corrected chi connectivity index (χ2v) is 6.98. The summed E-state index contributed by atoms with van der Waals surface area (Å²) < 4.78 is 27.5. The van der Waals surface area contributed by atoms with Crippen LogP contribution in [0.1, 0.15) is 44.2 Å². The first-order valence-electron chi connectivity index (χ1n) is 8.22. The van der Waals surface area contributed by atoms with Gasteiger partial charge in [-0.2, -0.15) is 0 Å². The van der Waals surface area contributed by atoms with Crippen molar-refractivity contribution in [2.75, 3.05) is 13.1 Å². The van der Waals surface area contributed by atoms with Crippen LogP contribution in [0.2, 0.25) is 0 Å². The van der Waals surface area contributed by atoms with E-state index in [1.807, 2.05) is 0 Å². The number of likely N-dealkylation sites (tertiary alicyclic amines) is 1. The molecule has 0 aromatic heterocycles. The van der Waals surface area contributed by atoms with Crippen molar-refractivity contribution in [3.63, 3.8) is 0 Å². The summed E-state index contributed by atoms with van der Waals surface area (Å²) in [7, 11) is 0. The fourth-order valence-electron chi connectivity index (χ4n) is 3.22. The lowest BCUT2D eigenvalue weighted by Crippen LogP contribution is -2.38. The van der Waals surface area contributed by atoms with Crippen molar-refractivity contribution in [1.82, 2.24) is 4.90 Å². The quantitative estimate of drug-likeness (QED) is 0.891. The van der Waals surface area contributed by atoms with Gasteiger partial charge in [-0.1, -0.05) is 26.0 Å². The summed E-state index contributed by atoms with van der Waals surface area (Å²) in [5.74, 6) is -0.627. The van der Waals surface area contributed by atoms with Gasteiger partial charge < -0.3 is 5.11 Å². The summed E-state index contributed by atoms with van der Waals surface area (Å²) in [6.07, 6.45) is 2.44. The van der Waals surface area contributed by atoms with E-state index in [1.165, 1.54) is 0 Å². The number of nitrogens with zero attached hydrogens (tertiary/aromatic N) is 1. The number of benzene rings is 1. The van der Waals surface area contributed by atoms with Crippen LogP contribution >= 0.6 is 0 Å². The highest BCUT2D eigenvalue weighted by Crippen LogP contribution is 2.26. The standard InChI is InChI=1S/C18H27F2NO/c1-12(2)10-16(22)14-6-8-21(9-7-14)11-15-5-4-13(3)17(19)18(15)20/h4-5,12,14,16,22H,6-11H2,1-3H3. The average molecular weight is 311 g/mol. The zero-order chi connectivity index (χ0) is 16.3. The summed E-state index contributed by atoms with van der Waals surface area (Å²) in [4.78, 5) is 2.14. The molecule has 22 heavy (non-hydrogen) atoms. The molecule has 4 heteroatoms. The van der Waals surface area contributed by atoms with Crippen LogP contribution in [0.25, 0.3) is 0 Å². The molecule has 1 aromatic carbocycles. The number of aliphatic hydroxyl groups excluding tert-OH is 1. The third-order valence-electron chi connectivity index (χ3n) is 4.64. The molecule has 1 heterocycles. The molecule has 0 aliphatic carbocycles. The van der Waals surface area contributed by atoms with Gasteiger partial charge in [0.1, 0.15) is 0 Å². The van der Waals surface area contributed by atoms with Crippen molar-refractivity contribution in [2.24, 2.45) is 11.8 Å². The minimum atomic E-state index is -0.736. The fraction of sp³-hybridized carbons (Fsp3) is 0.667. The molecule has 1 atom stereocenters. The molecule has 1 N–H and O–H groups in total. The Kier molecular flexibility index (Phi) is 5.93. The first kappa shape index (κ1) is 17.4. The number of rotatable bonds is 5. The summed E-state index contributed by atoms with van der Waals surface area (Å²) >= 11 is 0. The minimum absolute atomic E-state index is 0.240. The molecule has 0 amide bonds. The molecule has 1 unspecified atom stereocenters. The van der Waals surface area contributed by atoms with Gasteiger partial charge >= 0.3 is 0 Å². The molecule has 1 saturated heterocycles. The Bertz CT molecular complexity index is 496. The Morgan fingerprint density at radius 3 is 2.41 bits per heavy atom. The van der Waals surface area contributed by atoms with Crippen LogP contribution < -0.4 is 0 Å². The fourth-order valence-corrected chi connectivity index (χ4v) is 3.22. The molecule has 2 nitrogen and oxygen atoms in total. The predicted molar refractivity (Wildman–Crippen MR) is 84.6 cm³/mol. The average Bonchev–Trinajstić information content (AvgIpc) is 2.48. The summed E-state index contributed by atoms with van der Waals surface area (Å²) in [6, 6.07) is 3.31. The van der Waals surface area contributed by atoms with Gasteiger partial charge in [0, 0.05) is 12.1 Å². The molecule has 124 valence electrons. The van der Waals surface area contributed by atoms with Crippen LogP contribution in [0.15, 0.2) is 12.1 Å². The van der Waals surface area contributed by atoms with Crippen molar-refractivity contribution >= 4 is 0 Å². The number of piperidine rings is 1. The van der Waals surface area contributed by atoms with Crippen molar-refractivity contribution in [1.29, 1.82) is 0 Å². The van der Waals surface area contributed by atoms with E-state index < -0.39 is 11.6 Å². The molecule has 1 aromatic rings. The van der Waals surface area contributed by atoms with E-state index in [4.69, 9.17) is 0 Å². The molecule has 0 bridgehead atoms. The monoisotopic (exact) mass is 311 g/mol. The maximum absolute atomic E-state index is 13.9. The zero-order valence-electron chi connectivity index (χ0n) is 13.8. The second kappa shape index (κ2) is 7.51. The van der Waals surface area contributed by atoms with Crippen LogP contribution in [0.3, 0.4) is 0 Å². The first-order chi connectivity index (χ1) is 10.4. The molecular weight excluding hydrogens is 284 g/mol. The smallest absolute Gasteiger partial charge is 0.163 e. The molecule has 1 aliphatic heterocycles. The Balaban J connectivity index is 1.89. The third kappa shape index (κ3) is 4.26. The Labute approximate surface area is 132 Å². The van der Waals surface area contributed by atoms with Crippen LogP contribution in [-0.2, 0) is 6.54 Å². The highest BCUT2D eigenvalue weighted by Gasteiger charge is 2.26. The van der Waals surface area contributed by atoms with Gasteiger partial charge in [-0.3, -0.25) is 4.90 Å². The molecule has 1 fully saturated rings. The Morgan fingerprint density at radius 1 is 1.18 bits per heavy atom. The van der Waals surface area contributed by atoms with Crippen molar-refractivity contribution in [3.8, 4) is 0 Å². The lowest BCUT2D eigenvalue weighted by Gasteiger charge is -2.34. The molecular formula is C18H27F2NO. The summed E-state index contributed by atoms with van der Waals surface area (Å²) in [5, 5.41) is 10.2. The second-order valence-electron chi connectivity index (χ2n) is 6.98. The molecule has 0 saturated carbocycles. The van der Waals surface area contributed by atoms with Gasteiger partial charge in [-0.25, -0.2) is 8.78 Å². The Morgan fingerprint density at radius 2 is 1.82 bits per heavy atom. The predicted octanol–water partition coefficient (Wildman–Crippen LogP) is 3.89. The minimum Gasteiger partial charge on any atom is -0.393 e. The van der Waals surface area contributed by atoms with E-state index in [0.29, 0.717) is 29.5 Å². The van der Waals surface area contributed by atoms with Crippen LogP contribution in [-0.4, -0.2) is 29.2 Å². The van der Waals surface area contributed by atoms with E-state index in [9.17, 15) is 13.9 Å². The summed E-state index contributed by atoms with van der Waals surface area (Å²) in [5.41, 5.74) is 0.765. The van der Waals surface area contributed by atoms with Gasteiger partial charge in [0.25, 0.3) is 0 Å². The lowest BCUT2D eigenvalue weighted by atomic mass is 9.87. The van der Waals surface area contributed by atoms with Gasteiger partial charge in [0.15, 0.2) is 11.6 Å². The van der Waals surface area contributed by atoms with Crippen LogP contribution in [0.4, 0.5) is 8.78 Å². The largest absolute Gasteiger partial charge is 0.393 e. The van der Waals surface area contributed by atoms with Crippen molar-refractivity contribution in [3.05, 3.63) is 34.9 Å². The maximum atomic E-state index is 13.9. The molecule has 0 radical (unpaired) electrons. The number of aliphatic hydroxyl groups is 1. The summed E-state index contributed by atoms with van der Waals surface area (Å²) in [6.45, 7) is 7.91. The van der Waals surface area contributed by atoms with Crippen molar-refractivity contribution < 1.29 is 13.9 Å². The van der Waals surface area contributed by atoms with Gasteiger partial charge in [0.05, 0.1) is 6.10 Å². The normalized spacial score (nSPS) is 18.9. The molecule has 2 rings (SSSR count). The molecule has 1 aliphatic rings. The third-order valence-corrected chi connectivity index (χ3v) is 4.64. The van der Waals surface area contributed by atoms with E-state index in [2.05, 4.69) is 18.7 Å². The van der Waals surface area contributed by atoms with E-state index in [1.54, 1.807) is 19.1 Å². The van der Waals surface area contributed by atoms with Gasteiger partial charge in [0.2, 0.25) is 0 Å². The van der Waals surface area contributed by atoms with Gasteiger partial charge in [-0.05, 0) is 56.7 Å². The number of aryl methyl sites for hydroxylation is 1. The maximum Gasteiger partial charge on any atom is 0.163 e. The van der Waals surface area contributed by atoms with E-state index in [0.717, 1.165) is 32.4 Å².